The van der Waals surface area contributed by atoms with E-state index in [4.69, 9.17) is 5.11 Å². The number of imidazole rings is 1. The van der Waals surface area contributed by atoms with Gasteiger partial charge in [-0.3, -0.25) is 0 Å². The van der Waals surface area contributed by atoms with Gasteiger partial charge in [0, 0.05) is 24.6 Å². The molecule has 2 aromatic carbocycles. The van der Waals surface area contributed by atoms with Crippen molar-refractivity contribution in [3.8, 4) is 17.3 Å². The van der Waals surface area contributed by atoms with Crippen molar-refractivity contribution in [1.82, 2.24) is 9.55 Å². The Morgan fingerprint density at radius 1 is 1.18 bits per heavy atom. The van der Waals surface area contributed by atoms with Crippen molar-refractivity contribution in [3.63, 3.8) is 0 Å². The van der Waals surface area contributed by atoms with E-state index < -0.39 is 0 Å². The number of benzene rings is 2. The molecule has 1 fully saturated rings. The molecule has 34 heavy (non-hydrogen) atoms. The van der Waals surface area contributed by atoms with E-state index in [1.54, 1.807) is 12.1 Å². The van der Waals surface area contributed by atoms with Gasteiger partial charge in [-0.25, -0.2) is 9.37 Å². The molecular formula is C29H34FN3O. The molecule has 1 aliphatic carbocycles. The van der Waals surface area contributed by atoms with E-state index in [0.717, 1.165) is 49.0 Å². The molecule has 0 spiro atoms. The van der Waals surface area contributed by atoms with Gasteiger partial charge < -0.3 is 9.67 Å². The quantitative estimate of drug-likeness (QED) is 0.477. The Hall–Kier alpha value is -3.23. The maximum Gasteiger partial charge on any atom is 0.123 e. The summed E-state index contributed by atoms with van der Waals surface area (Å²) in [6.07, 6.45) is 8.72. The van der Waals surface area contributed by atoms with Crippen LogP contribution >= 0.6 is 0 Å². The van der Waals surface area contributed by atoms with Gasteiger partial charge >= 0.3 is 0 Å². The van der Waals surface area contributed by atoms with Crippen LogP contribution < -0.4 is 0 Å². The van der Waals surface area contributed by atoms with E-state index in [-0.39, 0.29) is 11.2 Å². The van der Waals surface area contributed by atoms with Crippen LogP contribution in [0, 0.1) is 28.5 Å². The molecular weight excluding hydrogens is 425 g/mol. The van der Waals surface area contributed by atoms with Crippen molar-refractivity contribution in [2.24, 2.45) is 11.3 Å². The molecule has 3 aromatic rings. The molecule has 5 heteroatoms. The number of hydrogen-bond acceptors (Lipinski definition) is 3. The number of allylic oxidation sites excluding steroid dienone is 1. The maximum atomic E-state index is 13.4. The predicted molar refractivity (Wildman–Crippen MR) is 135 cm³/mol. The first-order valence-electron chi connectivity index (χ1n) is 12.0. The molecule has 2 heterocycles. The van der Waals surface area contributed by atoms with Gasteiger partial charge in [-0.05, 0) is 79.6 Å². The molecule has 2 atom stereocenters. The number of aromatic nitrogens is 2. The minimum absolute atomic E-state index is 0.0780. The third-order valence-electron chi connectivity index (χ3n) is 6.98. The maximum absolute atomic E-state index is 13.4. The molecule has 1 saturated carbocycles. The number of hydrogen-bond donors (Lipinski definition) is 1. The summed E-state index contributed by atoms with van der Waals surface area (Å²) < 4.78 is 15.6. The first kappa shape index (κ1) is 25.4. The van der Waals surface area contributed by atoms with Gasteiger partial charge in [0.1, 0.15) is 5.82 Å². The van der Waals surface area contributed by atoms with Gasteiger partial charge in [0.15, 0.2) is 0 Å². The molecule has 0 amide bonds. The zero-order valence-electron chi connectivity index (χ0n) is 20.6. The second kappa shape index (κ2) is 11.3. The highest BCUT2D eigenvalue weighted by molar-refractivity contribution is 5.72. The normalized spacial score (nSPS) is 20.3. The fourth-order valence-corrected chi connectivity index (χ4v) is 5.27. The summed E-state index contributed by atoms with van der Waals surface area (Å²) in [5.41, 5.74) is 6.54. The van der Waals surface area contributed by atoms with Crippen LogP contribution in [-0.2, 0) is 13.0 Å². The summed E-state index contributed by atoms with van der Waals surface area (Å²) in [5.74, 6) is 0.296. The van der Waals surface area contributed by atoms with Crippen LogP contribution in [0.1, 0.15) is 56.9 Å². The standard InChI is InChI=1S/C26H24FN3.C2H6.CH4O/c1-26-16-30-17-29-25(20-8-10-23(27)11-9-20)24(30)14-22(26)7-3-6-21(26)13-18-4-2-5-19(12-18)15-28;2*1-2/h2,4-5,8-12,14,17,21H,3,6-7,13,16H2,1H3;1-2H3;2H,1H3/t21-,26-;;/m1../s1. The molecule has 0 unspecified atom stereocenters. The summed E-state index contributed by atoms with van der Waals surface area (Å²) in [6, 6.07) is 16.9. The first-order chi connectivity index (χ1) is 16.6. The zero-order valence-corrected chi connectivity index (χ0v) is 20.6. The Morgan fingerprint density at radius 2 is 1.91 bits per heavy atom. The number of halogens is 1. The summed E-state index contributed by atoms with van der Waals surface area (Å²) in [5, 5.41) is 16.2. The van der Waals surface area contributed by atoms with E-state index >= 15 is 0 Å². The summed E-state index contributed by atoms with van der Waals surface area (Å²) in [4.78, 5) is 4.68. The number of nitriles is 1. The van der Waals surface area contributed by atoms with Gasteiger partial charge in [-0.15, -0.1) is 0 Å². The zero-order chi connectivity index (χ0) is 24.7. The molecule has 178 valence electrons. The minimum atomic E-state index is -0.228. The molecule has 0 radical (unpaired) electrons. The van der Waals surface area contributed by atoms with Crippen LogP contribution in [0.15, 0.2) is 60.4 Å². The van der Waals surface area contributed by atoms with Crippen LogP contribution in [0.2, 0.25) is 0 Å². The predicted octanol–water partition coefficient (Wildman–Crippen LogP) is 6.64. The lowest BCUT2D eigenvalue weighted by Crippen LogP contribution is -2.40. The molecule has 5 rings (SSSR count). The molecule has 1 N–H and O–H groups in total. The summed E-state index contributed by atoms with van der Waals surface area (Å²) >= 11 is 0. The van der Waals surface area contributed by atoms with Crippen molar-refractivity contribution in [2.45, 2.75) is 53.0 Å². The SMILES string of the molecule is CC.CO.C[C@]12Cn3cnc(-c4ccc(F)cc4)c3C=C1CCC[C@@H]2Cc1cccc(C#N)c1. The molecule has 1 aromatic heterocycles. The van der Waals surface area contributed by atoms with Crippen molar-refractivity contribution in [2.75, 3.05) is 7.11 Å². The van der Waals surface area contributed by atoms with Gasteiger partial charge in [0.05, 0.1) is 29.3 Å². The van der Waals surface area contributed by atoms with Crippen LogP contribution in [0.25, 0.3) is 17.3 Å². The number of rotatable bonds is 3. The third kappa shape index (κ3) is 4.98. The number of nitrogens with zero attached hydrogens (tertiary/aromatic N) is 3. The molecule has 0 saturated heterocycles. The Labute approximate surface area is 202 Å². The monoisotopic (exact) mass is 459 g/mol. The topological polar surface area (TPSA) is 61.8 Å². The number of aliphatic hydroxyl groups is 1. The second-order valence-electron chi connectivity index (χ2n) is 8.81. The van der Waals surface area contributed by atoms with E-state index in [1.807, 2.05) is 38.4 Å². The molecule has 0 bridgehead atoms. The van der Waals surface area contributed by atoms with E-state index in [2.05, 4.69) is 34.7 Å². The number of fused-ring (bicyclic) bond motifs is 2. The highest BCUT2D eigenvalue weighted by Crippen LogP contribution is 2.51. The van der Waals surface area contributed by atoms with Gasteiger partial charge in [-0.1, -0.05) is 38.5 Å². The Balaban J connectivity index is 0.000000771. The van der Waals surface area contributed by atoms with Gasteiger partial charge in [0.2, 0.25) is 0 Å². The average molecular weight is 460 g/mol. The lowest BCUT2D eigenvalue weighted by atomic mass is 9.61. The van der Waals surface area contributed by atoms with Crippen molar-refractivity contribution < 1.29 is 9.50 Å². The first-order valence-corrected chi connectivity index (χ1v) is 12.0. The van der Waals surface area contributed by atoms with Crippen molar-refractivity contribution >= 4 is 6.08 Å². The third-order valence-corrected chi connectivity index (χ3v) is 6.98. The van der Waals surface area contributed by atoms with E-state index in [1.165, 1.54) is 36.1 Å². The molecule has 4 nitrogen and oxygen atoms in total. The van der Waals surface area contributed by atoms with Crippen LogP contribution in [0.5, 0.6) is 0 Å². The van der Waals surface area contributed by atoms with Crippen LogP contribution in [0.4, 0.5) is 4.39 Å². The fourth-order valence-electron chi connectivity index (χ4n) is 5.27. The highest BCUT2D eigenvalue weighted by Gasteiger charge is 2.43. The minimum Gasteiger partial charge on any atom is -0.400 e. The van der Waals surface area contributed by atoms with Crippen molar-refractivity contribution in [1.29, 1.82) is 5.26 Å². The van der Waals surface area contributed by atoms with Crippen LogP contribution in [0.3, 0.4) is 0 Å². The average Bonchev–Trinajstić information content (AvgIpc) is 3.28. The summed E-state index contributed by atoms with van der Waals surface area (Å²) in [7, 11) is 1.00. The van der Waals surface area contributed by atoms with Gasteiger partial charge in [-0.2, -0.15) is 5.26 Å². The summed E-state index contributed by atoms with van der Waals surface area (Å²) in [6.45, 7) is 7.29. The Morgan fingerprint density at radius 3 is 2.62 bits per heavy atom. The lowest BCUT2D eigenvalue weighted by molar-refractivity contribution is 0.152. The Bertz CT molecular complexity index is 1170. The van der Waals surface area contributed by atoms with E-state index in [9.17, 15) is 9.65 Å². The highest BCUT2D eigenvalue weighted by atomic mass is 19.1. The van der Waals surface area contributed by atoms with Gasteiger partial charge in [0.25, 0.3) is 0 Å². The Kier molecular flexibility index (Phi) is 8.41. The van der Waals surface area contributed by atoms with Crippen LogP contribution in [-0.4, -0.2) is 21.8 Å². The smallest absolute Gasteiger partial charge is 0.123 e. The lowest BCUT2D eigenvalue weighted by Gasteiger charge is -2.46. The van der Waals surface area contributed by atoms with E-state index in [0.29, 0.717) is 5.92 Å². The van der Waals surface area contributed by atoms with Crippen molar-refractivity contribution in [3.05, 3.63) is 83.1 Å². The largest absolute Gasteiger partial charge is 0.400 e. The fraction of sp³-hybridized carbons (Fsp3) is 0.379. The second-order valence-corrected chi connectivity index (χ2v) is 8.81. The number of aliphatic hydroxyl groups excluding tert-OH is 1. The molecule has 1 aliphatic heterocycles. The molecule has 2 aliphatic rings.